The minimum atomic E-state index is -0.444. The average Bonchev–Trinajstić information content (AvgIpc) is 2.88. The van der Waals surface area contributed by atoms with Crippen LogP contribution in [-0.4, -0.2) is 52.0 Å². The Bertz CT molecular complexity index is 240. The maximum absolute atomic E-state index is 5.82. The number of epoxide rings is 1. The van der Waals surface area contributed by atoms with Crippen molar-refractivity contribution in [3.63, 3.8) is 0 Å². The highest BCUT2D eigenvalue weighted by molar-refractivity contribution is 6.12. The Morgan fingerprint density at radius 3 is 2.64 bits per heavy atom. The maximum Gasteiger partial charge on any atom is 0.179 e. The lowest BCUT2D eigenvalue weighted by Gasteiger charge is -2.34. The van der Waals surface area contributed by atoms with E-state index in [1.54, 1.807) is 7.11 Å². The lowest BCUT2D eigenvalue weighted by molar-refractivity contribution is -0.144. The van der Waals surface area contributed by atoms with Crippen LogP contribution in [0.5, 0.6) is 0 Å². The first-order chi connectivity index (χ1) is 6.65. The molecule has 2 aliphatic rings. The Kier molecular flexibility index (Phi) is 2.38. The predicted molar refractivity (Wildman–Crippen MR) is 52.2 cm³/mol. The smallest absolute Gasteiger partial charge is 0.179 e. The molecule has 2 heterocycles. The quantitative estimate of drug-likeness (QED) is 0.492. The van der Waals surface area contributed by atoms with Crippen LogP contribution in [0.4, 0.5) is 0 Å². The van der Waals surface area contributed by atoms with Gasteiger partial charge in [-0.1, -0.05) is 6.92 Å². The summed E-state index contributed by atoms with van der Waals surface area (Å²) in [5.74, 6) is 0. The Morgan fingerprint density at radius 1 is 1.50 bits per heavy atom. The highest BCUT2D eigenvalue weighted by Gasteiger charge is 2.76. The van der Waals surface area contributed by atoms with Crippen molar-refractivity contribution in [2.75, 3.05) is 20.8 Å². The Morgan fingerprint density at radius 2 is 2.21 bits per heavy atom. The second-order valence-corrected chi connectivity index (χ2v) is 3.89. The minimum Gasteiger partial charge on any atom is -0.382 e. The van der Waals surface area contributed by atoms with Gasteiger partial charge < -0.3 is 14.2 Å². The zero-order valence-electron chi connectivity index (χ0n) is 8.87. The van der Waals surface area contributed by atoms with Gasteiger partial charge in [0.25, 0.3) is 0 Å². The third-order valence-electron chi connectivity index (χ3n) is 3.31. The molecule has 0 aliphatic carbocycles. The molecule has 1 unspecified atom stereocenters. The molecule has 0 spiro atoms. The van der Waals surface area contributed by atoms with Crippen molar-refractivity contribution in [2.45, 2.75) is 36.8 Å². The van der Waals surface area contributed by atoms with Crippen LogP contribution < -0.4 is 5.32 Å². The molecular weight excluding hydrogens is 181 g/mol. The molecule has 0 aromatic carbocycles. The van der Waals surface area contributed by atoms with E-state index in [1.807, 2.05) is 7.05 Å². The minimum absolute atomic E-state index is 0.0393. The molecule has 4 atom stereocenters. The Labute approximate surface area is 85.7 Å². The zero-order chi connectivity index (χ0) is 10.4. The number of ether oxygens (including phenoxy) is 3. The summed E-state index contributed by atoms with van der Waals surface area (Å²) in [4.78, 5) is 0. The Balaban J connectivity index is 2.24. The first-order valence-corrected chi connectivity index (χ1v) is 4.95. The van der Waals surface area contributed by atoms with Crippen LogP contribution in [0.2, 0.25) is 0 Å². The van der Waals surface area contributed by atoms with Crippen LogP contribution in [0.15, 0.2) is 0 Å². The molecular formula is C9H16BNO3. The normalized spacial score (nSPS) is 50.5. The molecule has 2 aliphatic heterocycles. The average molecular weight is 197 g/mol. The van der Waals surface area contributed by atoms with E-state index in [1.165, 1.54) is 0 Å². The summed E-state index contributed by atoms with van der Waals surface area (Å²) >= 11 is 0. The van der Waals surface area contributed by atoms with Gasteiger partial charge in [-0.2, -0.15) is 0 Å². The highest BCUT2D eigenvalue weighted by atomic mass is 16.7. The molecule has 0 saturated carbocycles. The topological polar surface area (TPSA) is 43.0 Å². The summed E-state index contributed by atoms with van der Waals surface area (Å²) in [6, 6.07) is -0.349. The summed E-state index contributed by atoms with van der Waals surface area (Å²) < 4.78 is 16.6. The van der Waals surface area contributed by atoms with Gasteiger partial charge >= 0.3 is 0 Å². The van der Waals surface area contributed by atoms with Gasteiger partial charge in [0.05, 0.1) is 6.61 Å². The van der Waals surface area contributed by atoms with E-state index < -0.39 is 11.3 Å². The van der Waals surface area contributed by atoms with E-state index in [2.05, 4.69) is 12.2 Å². The van der Waals surface area contributed by atoms with Gasteiger partial charge in [0.1, 0.15) is 19.6 Å². The molecule has 14 heavy (non-hydrogen) atoms. The van der Waals surface area contributed by atoms with E-state index >= 15 is 0 Å². The third-order valence-corrected chi connectivity index (χ3v) is 3.31. The summed E-state index contributed by atoms with van der Waals surface area (Å²) in [6.45, 7) is 2.55. The van der Waals surface area contributed by atoms with Crippen molar-refractivity contribution in [3.05, 3.63) is 0 Å². The first kappa shape index (κ1) is 10.4. The summed E-state index contributed by atoms with van der Waals surface area (Å²) in [5.41, 5.74) is -0.877. The number of rotatable bonds is 4. The van der Waals surface area contributed by atoms with Gasteiger partial charge in [-0.05, 0) is 13.5 Å². The summed E-state index contributed by atoms with van der Waals surface area (Å²) in [7, 11) is 9.34. The molecule has 0 aromatic heterocycles. The van der Waals surface area contributed by atoms with Gasteiger partial charge in [-0.15, -0.1) is 0 Å². The molecule has 2 fully saturated rings. The fraction of sp³-hybridized carbons (Fsp3) is 1.00. The molecule has 4 nitrogen and oxygen atoms in total. The number of likely N-dealkylation sites (N-methyl/N-ethyl adjacent to an activating group) is 1. The molecule has 2 radical (unpaired) electrons. The fourth-order valence-electron chi connectivity index (χ4n) is 2.49. The molecule has 0 amide bonds. The highest BCUT2D eigenvalue weighted by Crippen LogP contribution is 2.54. The van der Waals surface area contributed by atoms with Crippen LogP contribution in [0.25, 0.3) is 0 Å². The molecule has 0 bridgehead atoms. The van der Waals surface area contributed by atoms with Crippen LogP contribution in [0.1, 0.15) is 13.3 Å². The molecule has 2 rings (SSSR count). The SMILES string of the molecule is [B][C@@H]1O[C@](CC)(COC)[C@@]2(NC)OC12. The van der Waals surface area contributed by atoms with Crippen molar-refractivity contribution in [2.24, 2.45) is 0 Å². The molecule has 5 heteroatoms. The molecule has 78 valence electrons. The lowest BCUT2D eigenvalue weighted by atomic mass is 9.88. The predicted octanol–water partition coefficient (Wildman–Crippen LogP) is -0.379. The molecule has 1 N–H and O–H groups in total. The van der Waals surface area contributed by atoms with Crippen molar-refractivity contribution < 1.29 is 14.2 Å². The largest absolute Gasteiger partial charge is 0.382 e. The fourth-order valence-corrected chi connectivity index (χ4v) is 2.49. The van der Waals surface area contributed by atoms with E-state index in [0.717, 1.165) is 6.42 Å². The van der Waals surface area contributed by atoms with E-state index in [9.17, 15) is 0 Å². The number of hydrogen-bond acceptors (Lipinski definition) is 4. The number of hydrogen-bond donors (Lipinski definition) is 1. The third kappa shape index (κ3) is 1.04. The second kappa shape index (κ2) is 3.20. The molecule has 2 saturated heterocycles. The van der Waals surface area contributed by atoms with Gasteiger partial charge in [0.15, 0.2) is 5.72 Å². The monoisotopic (exact) mass is 197 g/mol. The van der Waals surface area contributed by atoms with E-state index in [0.29, 0.717) is 6.61 Å². The van der Waals surface area contributed by atoms with Crippen LogP contribution in [0.3, 0.4) is 0 Å². The standard InChI is InChI=1S/C9H16BNO3/c1-4-8(5-12-3)9(11-2)6(13-9)7(10)14-8/h6-7,11H,4-5H2,1-3H3/t6?,7-,8-,9+/m1/s1. The Hall–Kier alpha value is -0.0951. The summed E-state index contributed by atoms with van der Waals surface area (Å²) in [5, 5.41) is 3.16. The van der Waals surface area contributed by atoms with E-state index in [-0.39, 0.29) is 12.1 Å². The number of methoxy groups -OCH3 is 1. The van der Waals surface area contributed by atoms with Gasteiger partial charge in [-0.3, -0.25) is 5.32 Å². The van der Waals surface area contributed by atoms with E-state index in [4.69, 9.17) is 22.1 Å². The van der Waals surface area contributed by atoms with Crippen LogP contribution in [0, 0.1) is 0 Å². The van der Waals surface area contributed by atoms with Gasteiger partial charge in [0, 0.05) is 13.1 Å². The number of fused-ring (bicyclic) bond motifs is 1. The maximum atomic E-state index is 5.82. The van der Waals surface area contributed by atoms with Crippen molar-refractivity contribution in [3.8, 4) is 0 Å². The summed E-state index contributed by atoms with van der Waals surface area (Å²) in [6.07, 6.45) is 0.772. The molecule has 0 aromatic rings. The van der Waals surface area contributed by atoms with Gasteiger partial charge in [-0.25, -0.2) is 0 Å². The lowest BCUT2D eigenvalue weighted by Crippen LogP contribution is -2.55. The first-order valence-electron chi connectivity index (χ1n) is 4.95. The van der Waals surface area contributed by atoms with Crippen molar-refractivity contribution in [1.82, 2.24) is 5.32 Å². The van der Waals surface area contributed by atoms with Crippen LogP contribution in [-0.2, 0) is 14.2 Å². The van der Waals surface area contributed by atoms with Gasteiger partial charge in [0.2, 0.25) is 0 Å². The van der Waals surface area contributed by atoms with Crippen LogP contribution >= 0.6 is 0 Å². The number of nitrogens with one attached hydrogen (secondary N) is 1. The van der Waals surface area contributed by atoms with Crippen molar-refractivity contribution in [1.29, 1.82) is 0 Å². The zero-order valence-corrected chi connectivity index (χ0v) is 8.87. The van der Waals surface area contributed by atoms with Crippen molar-refractivity contribution >= 4 is 7.85 Å². The second-order valence-electron chi connectivity index (χ2n) is 3.89.